The lowest BCUT2D eigenvalue weighted by Gasteiger charge is -2.16. The van der Waals surface area contributed by atoms with Crippen LogP contribution < -0.4 is 5.73 Å². The van der Waals surface area contributed by atoms with E-state index in [9.17, 15) is 4.79 Å². The summed E-state index contributed by atoms with van der Waals surface area (Å²) in [4.78, 5) is 10.4. The summed E-state index contributed by atoms with van der Waals surface area (Å²) in [6, 6.07) is 0.0382. The van der Waals surface area contributed by atoms with Gasteiger partial charge < -0.3 is 10.5 Å². The Hall–Kier alpha value is -0.570. The molecule has 0 aromatic heterocycles. The number of carbonyl (C=O) groups is 1. The van der Waals surface area contributed by atoms with E-state index in [1.54, 1.807) is 0 Å². The third kappa shape index (κ3) is 1.20. The first-order valence-electron chi connectivity index (χ1n) is 2.70. The van der Waals surface area contributed by atoms with E-state index in [-0.39, 0.29) is 12.0 Å². The van der Waals surface area contributed by atoms with E-state index in [0.29, 0.717) is 13.0 Å². The number of nitrogens with two attached hydrogens (primary N) is 1. The molecule has 1 aliphatic heterocycles. The first-order chi connectivity index (χ1) is 3.79. The molecule has 1 aliphatic rings. The van der Waals surface area contributed by atoms with Gasteiger partial charge in [0.15, 0.2) is 0 Å². The molecule has 1 saturated heterocycles. The number of cyclic esters (lactones) is 1. The van der Waals surface area contributed by atoms with Crippen LogP contribution in [0.4, 0.5) is 0 Å². The van der Waals surface area contributed by atoms with Crippen LogP contribution in [0.25, 0.3) is 0 Å². The quantitative estimate of drug-likeness (QED) is 0.439. The first kappa shape index (κ1) is 5.56. The Bertz CT molecular complexity index is 103. The second kappa shape index (κ2) is 2.13. The van der Waals surface area contributed by atoms with Gasteiger partial charge in [-0.25, -0.2) is 0 Å². The van der Waals surface area contributed by atoms with Crippen LogP contribution in [0.5, 0.6) is 0 Å². The van der Waals surface area contributed by atoms with Crippen LogP contribution in [0.1, 0.15) is 12.8 Å². The minimum Gasteiger partial charge on any atom is -0.466 e. The van der Waals surface area contributed by atoms with Crippen molar-refractivity contribution >= 4 is 5.97 Å². The van der Waals surface area contributed by atoms with Crippen LogP contribution in [-0.4, -0.2) is 18.6 Å². The molecular weight excluding hydrogens is 106 g/mol. The van der Waals surface area contributed by atoms with Crippen LogP contribution in [0, 0.1) is 0 Å². The zero-order chi connectivity index (χ0) is 5.98. The fourth-order valence-electron chi connectivity index (χ4n) is 0.699. The van der Waals surface area contributed by atoms with Gasteiger partial charge in [-0.15, -0.1) is 0 Å². The molecule has 3 nitrogen and oxygen atoms in total. The largest absolute Gasteiger partial charge is 0.466 e. The molecule has 0 aromatic rings. The molecule has 46 valence electrons. The van der Waals surface area contributed by atoms with Crippen molar-refractivity contribution in [1.29, 1.82) is 0 Å². The van der Waals surface area contributed by atoms with Crippen molar-refractivity contribution in [2.75, 3.05) is 6.61 Å². The fourth-order valence-corrected chi connectivity index (χ4v) is 0.699. The molecule has 1 heterocycles. The Morgan fingerprint density at radius 3 is 2.88 bits per heavy atom. The molecule has 2 N–H and O–H groups in total. The molecule has 1 fully saturated rings. The van der Waals surface area contributed by atoms with Gasteiger partial charge in [0.05, 0.1) is 13.0 Å². The highest BCUT2D eigenvalue weighted by Crippen LogP contribution is 2.03. The van der Waals surface area contributed by atoms with Crippen LogP contribution >= 0.6 is 0 Å². The van der Waals surface area contributed by atoms with Crippen molar-refractivity contribution in [3.8, 4) is 0 Å². The van der Waals surface area contributed by atoms with Gasteiger partial charge in [0.1, 0.15) is 0 Å². The molecule has 1 rings (SSSR count). The number of hydrogen-bond acceptors (Lipinski definition) is 3. The van der Waals surface area contributed by atoms with Gasteiger partial charge in [0.2, 0.25) is 0 Å². The van der Waals surface area contributed by atoms with Gasteiger partial charge in [-0.3, -0.25) is 4.79 Å². The van der Waals surface area contributed by atoms with E-state index < -0.39 is 0 Å². The lowest BCUT2D eigenvalue weighted by atomic mass is 10.1. The smallest absolute Gasteiger partial charge is 0.307 e. The molecule has 0 radical (unpaired) electrons. The highest BCUT2D eigenvalue weighted by molar-refractivity contribution is 5.70. The van der Waals surface area contributed by atoms with E-state index in [0.717, 1.165) is 6.42 Å². The zero-order valence-corrected chi connectivity index (χ0v) is 4.59. The SMILES string of the molecule is N[C@@H]1CCOC(=O)C1. The van der Waals surface area contributed by atoms with Crippen LogP contribution in [-0.2, 0) is 9.53 Å². The number of carbonyl (C=O) groups excluding carboxylic acids is 1. The molecule has 0 aromatic carbocycles. The van der Waals surface area contributed by atoms with E-state index in [1.807, 2.05) is 0 Å². The fraction of sp³-hybridized carbons (Fsp3) is 0.800. The molecule has 0 bridgehead atoms. The van der Waals surface area contributed by atoms with Crippen LogP contribution in [0.15, 0.2) is 0 Å². The Kier molecular flexibility index (Phi) is 1.48. The van der Waals surface area contributed by atoms with Crippen molar-refractivity contribution in [3.63, 3.8) is 0 Å². The van der Waals surface area contributed by atoms with E-state index in [4.69, 9.17) is 5.73 Å². The first-order valence-corrected chi connectivity index (χ1v) is 2.70. The predicted molar refractivity (Wildman–Crippen MR) is 28.2 cm³/mol. The predicted octanol–water partition coefficient (Wildman–Crippen LogP) is -0.349. The summed E-state index contributed by atoms with van der Waals surface area (Å²) in [5.41, 5.74) is 5.42. The maximum Gasteiger partial charge on any atom is 0.307 e. The molecule has 8 heavy (non-hydrogen) atoms. The molecule has 0 saturated carbocycles. The molecule has 3 heteroatoms. The van der Waals surface area contributed by atoms with Gasteiger partial charge in [-0.2, -0.15) is 0 Å². The van der Waals surface area contributed by atoms with Crippen molar-refractivity contribution in [2.24, 2.45) is 5.73 Å². The van der Waals surface area contributed by atoms with Crippen molar-refractivity contribution < 1.29 is 9.53 Å². The van der Waals surface area contributed by atoms with Crippen molar-refractivity contribution in [1.82, 2.24) is 0 Å². The van der Waals surface area contributed by atoms with Gasteiger partial charge >= 0.3 is 5.97 Å². The lowest BCUT2D eigenvalue weighted by Crippen LogP contribution is -2.31. The van der Waals surface area contributed by atoms with Crippen LogP contribution in [0.3, 0.4) is 0 Å². The highest BCUT2D eigenvalue weighted by atomic mass is 16.5. The number of hydrogen-bond donors (Lipinski definition) is 1. The Balaban J connectivity index is 2.34. The minimum absolute atomic E-state index is 0.0382. The molecular formula is C5H9NO2. The van der Waals surface area contributed by atoms with Crippen molar-refractivity contribution in [2.45, 2.75) is 18.9 Å². The zero-order valence-electron chi connectivity index (χ0n) is 4.59. The summed E-state index contributed by atoms with van der Waals surface area (Å²) in [6.45, 7) is 0.500. The van der Waals surface area contributed by atoms with Gasteiger partial charge in [0, 0.05) is 6.04 Å². The van der Waals surface area contributed by atoms with Crippen molar-refractivity contribution in [3.05, 3.63) is 0 Å². The Morgan fingerprint density at radius 2 is 2.50 bits per heavy atom. The standard InChI is InChI=1S/C5H9NO2/c6-4-1-2-8-5(7)3-4/h4H,1-3,6H2/t4-/m1/s1. The van der Waals surface area contributed by atoms with E-state index in [1.165, 1.54) is 0 Å². The lowest BCUT2D eigenvalue weighted by molar-refractivity contribution is -0.147. The number of ether oxygens (including phenoxy) is 1. The molecule has 0 spiro atoms. The van der Waals surface area contributed by atoms with E-state index in [2.05, 4.69) is 4.74 Å². The third-order valence-electron chi connectivity index (χ3n) is 1.18. The second-order valence-electron chi connectivity index (χ2n) is 1.97. The highest BCUT2D eigenvalue weighted by Gasteiger charge is 2.15. The second-order valence-corrected chi connectivity index (χ2v) is 1.97. The van der Waals surface area contributed by atoms with Gasteiger partial charge in [0.25, 0.3) is 0 Å². The topological polar surface area (TPSA) is 52.3 Å². The van der Waals surface area contributed by atoms with Crippen LogP contribution in [0.2, 0.25) is 0 Å². The number of esters is 1. The summed E-state index contributed by atoms with van der Waals surface area (Å²) >= 11 is 0. The third-order valence-corrected chi connectivity index (χ3v) is 1.18. The summed E-state index contributed by atoms with van der Waals surface area (Å²) < 4.78 is 4.63. The molecule has 1 atom stereocenters. The maximum absolute atomic E-state index is 10.4. The molecule has 0 aliphatic carbocycles. The molecule has 0 unspecified atom stereocenters. The normalized spacial score (nSPS) is 29.6. The Morgan fingerprint density at radius 1 is 1.75 bits per heavy atom. The van der Waals surface area contributed by atoms with Gasteiger partial charge in [-0.1, -0.05) is 0 Å². The summed E-state index contributed by atoms with van der Waals surface area (Å²) in [5.74, 6) is -0.163. The summed E-state index contributed by atoms with van der Waals surface area (Å²) in [7, 11) is 0. The summed E-state index contributed by atoms with van der Waals surface area (Å²) in [5, 5.41) is 0. The minimum atomic E-state index is -0.163. The monoisotopic (exact) mass is 115 g/mol. The average molecular weight is 115 g/mol. The van der Waals surface area contributed by atoms with Gasteiger partial charge in [-0.05, 0) is 6.42 Å². The average Bonchev–Trinajstić information content (AvgIpc) is 1.64. The number of rotatable bonds is 0. The Labute approximate surface area is 47.8 Å². The molecule has 0 amide bonds. The van der Waals surface area contributed by atoms with E-state index >= 15 is 0 Å². The maximum atomic E-state index is 10.4. The summed E-state index contributed by atoms with van der Waals surface area (Å²) in [6.07, 6.45) is 1.20.